The average molecular weight is 1030 g/mol. The Balaban J connectivity index is 1.03. The van der Waals surface area contributed by atoms with E-state index in [9.17, 15) is 45.0 Å². The zero-order valence-corrected chi connectivity index (χ0v) is 41.1. The lowest BCUT2D eigenvalue weighted by Gasteiger charge is -2.37. The predicted octanol–water partition coefficient (Wildman–Crippen LogP) is 7.67. The number of sulfonamides is 1. The van der Waals surface area contributed by atoms with Crippen LogP contribution in [0.1, 0.15) is 41.3 Å². The fourth-order valence-electron chi connectivity index (χ4n) is 8.52. The van der Waals surface area contributed by atoms with Crippen LogP contribution in [0.3, 0.4) is 0 Å². The molecular formula is C49H56ClF3N6O7S3. The fourth-order valence-corrected chi connectivity index (χ4v) is 11.7. The third-order valence-electron chi connectivity index (χ3n) is 12.5. The second kappa shape index (κ2) is 22.9. The van der Waals surface area contributed by atoms with Crippen molar-refractivity contribution >= 4 is 66.2 Å². The summed E-state index contributed by atoms with van der Waals surface area (Å²) in [5, 5.41) is 28.3. The Kier molecular flexibility index (Phi) is 17.3. The zero-order chi connectivity index (χ0) is 49.3. The number of piperazine rings is 1. The number of aliphatic hydroxyl groups excluding tert-OH is 2. The standard InChI is InChI=1S/C49H56ClF3N6O7S3/c1-57(29-30-60)24-21-38(33-67-41-5-3-2-4-6-41)55-45-18-16-42(32-46(45)68(63,64)49(51,52)53)69(65,66)56-48(62)36-9-13-39(14-10-36)58-25-19-35(20-26-58)47(61)44-31-40(59-27-22-54-23-28-59)15-17-43(44)34-7-11-37(50)12-8-34/h2-18,31-32,35,38,47,54-55,60-61H,19-30,33H2,1H3,(H,56,62)/t38?,47-/m1/s1. The number of nitrogens with zero attached hydrogens (tertiary/aromatic N) is 3. The van der Waals surface area contributed by atoms with Gasteiger partial charge in [0, 0.05) is 84.5 Å². The van der Waals surface area contributed by atoms with Gasteiger partial charge in [-0.1, -0.05) is 48.0 Å². The van der Waals surface area contributed by atoms with Crippen LogP contribution in [0.15, 0.2) is 130 Å². The third kappa shape index (κ3) is 13.1. The van der Waals surface area contributed by atoms with Crippen molar-refractivity contribution in [1.29, 1.82) is 0 Å². The van der Waals surface area contributed by atoms with E-state index in [0.717, 1.165) is 71.3 Å². The zero-order valence-electron chi connectivity index (χ0n) is 37.9. The highest BCUT2D eigenvalue weighted by Gasteiger charge is 2.48. The predicted molar refractivity (Wildman–Crippen MR) is 266 cm³/mol. The Hall–Kier alpha value is -4.86. The van der Waals surface area contributed by atoms with Gasteiger partial charge in [0.25, 0.3) is 25.8 Å². The summed E-state index contributed by atoms with van der Waals surface area (Å²) in [6.45, 7) is 5.27. The van der Waals surface area contributed by atoms with Crippen LogP contribution in [0.4, 0.5) is 30.2 Å². The van der Waals surface area contributed by atoms with Gasteiger partial charge in [-0.3, -0.25) is 4.79 Å². The van der Waals surface area contributed by atoms with Crippen molar-refractivity contribution in [2.24, 2.45) is 5.92 Å². The number of aliphatic hydroxyl groups is 2. The lowest BCUT2D eigenvalue weighted by atomic mass is 9.84. The Morgan fingerprint density at radius 1 is 0.855 bits per heavy atom. The molecule has 2 atom stereocenters. The molecule has 5 N–H and O–H groups in total. The van der Waals surface area contributed by atoms with Gasteiger partial charge < -0.3 is 35.5 Å². The number of hydrogen-bond donors (Lipinski definition) is 5. The second-order valence-electron chi connectivity index (χ2n) is 17.2. The van der Waals surface area contributed by atoms with E-state index >= 15 is 0 Å². The van der Waals surface area contributed by atoms with Gasteiger partial charge in [-0.25, -0.2) is 21.6 Å². The van der Waals surface area contributed by atoms with Crippen molar-refractivity contribution in [3.63, 3.8) is 0 Å². The number of nitrogens with one attached hydrogen (secondary N) is 3. The molecule has 13 nitrogen and oxygen atoms in total. The van der Waals surface area contributed by atoms with E-state index in [0.29, 0.717) is 62.3 Å². The lowest BCUT2D eigenvalue weighted by molar-refractivity contribution is -0.0435. The van der Waals surface area contributed by atoms with Crippen molar-refractivity contribution in [3.8, 4) is 11.1 Å². The van der Waals surface area contributed by atoms with Gasteiger partial charge in [0.05, 0.1) is 23.3 Å². The number of anilines is 3. The number of thioether (sulfide) groups is 1. The molecule has 0 aliphatic carbocycles. The van der Waals surface area contributed by atoms with Crippen molar-refractivity contribution in [2.45, 2.75) is 51.6 Å². The Labute approximate surface area is 411 Å². The molecule has 0 spiro atoms. The van der Waals surface area contributed by atoms with Crippen molar-refractivity contribution in [2.75, 3.05) is 86.9 Å². The minimum absolute atomic E-state index is 0.0539. The van der Waals surface area contributed by atoms with E-state index in [2.05, 4.69) is 38.6 Å². The maximum Gasteiger partial charge on any atom is 0.501 e. The van der Waals surface area contributed by atoms with Crippen molar-refractivity contribution in [3.05, 3.63) is 131 Å². The van der Waals surface area contributed by atoms with E-state index in [1.165, 1.54) is 23.9 Å². The summed E-state index contributed by atoms with van der Waals surface area (Å²) in [7, 11) is -9.24. The number of halogens is 4. The van der Waals surface area contributed by atoms with Gasteiger partial charge in [0.15, 0.2) is 0 Å². The first kappa shape index (κ1) is 52.0. The average Bonchev–Trinajstić information content (AvgIpc) is 3.35. The Bertz CT molecular complexity index is 2750. The van der Waals surface area contributed by atoms with Crippen LogP contribution in [0.2, 0.25) is 5.02 Å². The number of rotatable bonds is 19. The smallest absolute Gasteiger partial charge is 0.395 e. The van der Waals surface area contributed by atoms with Crippen LogP contribution in [-0.4, -0.2) is 121 Å². The van der Waals surface area contributed by atoms with E-state index in [1.54, 1.807) is 19.2 Å². The summed E-state index contributed by atoms with van der Waals surface area (Å²) in [5.41, 5.74) is -1.75. The normalized spacial score (nSPS) is 16.1. The van der Waals surface area contributed by atoms with E-state index < -0.39 is 58.9 Å². The number of carbonyl (C=O) groups is 1. The number of amides is 1. The number of piperidine rings is 1. The monoisotopic (exact) mass is 1030 g/mol. The van der Waals surface area contributed by atoms with Gasteiger partial charge in [-0.15, -0.1) is 11.8 Å². The molecule has 7 rings (SSSR count). The van der Waals surface area contributed by atoms with Gasteiger partial charge in [0.1, 0.15) is 4.90 Å². The van der Waals surface area contributed by atoms with Crippen LogP contribution < -0.4 is 25.2 Å². The quantitative estimate of drug-likeness (QED) is 0.0512. The summed E-state index contributed by atoms with van der Waals surface area (Å²) < 4.78 is 97.6. The minimum atomic E-state index is -6.10. The minimum Gasteiger partial charge on any atom is -0.395 e. The summed E-state index contributed by atoms with van der Waals surface area (Å²) in [5.74, 6) is -0.824. The molecule has 2 aliphatic rings. The van der Waals surface area contributed by atoms with Crippen molar-refractivity contribution < 1.29 is 45.0 Å². The number of likely N-dealkylation sites (N-methyl/N-ethyl adjacent to an activating group) is 1. The Morgan fingerprint density at radius 2 is 1.51 bits per heavy atom. The van der Waals surface area contributed by atoms with Crippen LogP contribution in [0.25, 0.3) is 11.1 Å². The lowest BCUT2D eigenvalue weighted by Crippen LogP contribution is -2.43. The van der Waals surface area contributed by atoms with Gasteiger partial charge in [0.2, 0.25) is 0 Å². The molecule has 5 aromatic carbocycles. The molecule has 2 fully saturated rings. The molecule has 2 aliphatic heterocycles. The molecule has 0 bridgehead atoms. The number of sulfone groups is 1. The molecule has 5 aromatic rings. The molecule has 20 heteroatoms. The summed E-state index contributed by atoms with van der Waals surface area (Å²) in [4.78, 5) is 18.3. The second-order valence-corrected chi connectivity index (χ2v) is 22.3. The number of carbonyl (C=O) groups excluding carboxylic acids is 1. The molecule has 0 radical (unpaired) electrons. The van der Waals surface area contributed by atoms with Crippen LogP contribution in [0, 0.1) is 5.92 Å². The van der Waals surface area contributed by atoms with Crippen molar-refractivity contribution in [1.82, 2.24) is 14.9 Å². The molecule has 0 aromatic heterocycles. The first-order chi connectivity index (χ1) is 32.9. The first-order valence-electron chi connectivity index (χ1n) is 22.6. The summed E-state index contributed by atoms with van der Waals surface area (Å²) in [6.07, 6.45) is 0.906. The molecule has 69 heavy (non-hydrogen) atoms. The van der Waals surface area contributed by atoms with Gasteiger partial charge in [-0.2, -0.15) is 13.2 Å². The maximum absolute atomic E-state index is 14.2. The maximum atomic E-state index is 14.2. The topological polar surface area (TPSA) is 172 Å². The molecule has 1 amide bonds. The molecule has 0 saturated carbocycles. The van der Waals surface area contributed by atoms with Gasteiger partial charge in [-0.05, 0) is 134 Å². The third-order valence-corrected chi connectivity index (χ3v) is 16.7. The SMILES string of the molecule is CN(CCO)CCC(CSc1ccccc1)Nc1ccc(S(=O)(=O)NC(=O)c2ccc(N3CCC([C@@H](O)c4cc(N5CCNCC5)ccc4-c4ccc(Cl)cc4)CC3)cc2)cc1S(=O)(=O)C(F)(F)F. The number of alkyl halides is 3. The molecule has 1 unspecified atom stereocenters. The largest absolute Gasteiger partial charge is 0.501 e. The fraction of sp³-hybridized carbons (Fsp3) is 0.367. The van der Waals surface area contributed by atoms with E-state index in [-0.39, 0.29) is 18.1 Å². The van der Waals surface area contributed by atoms with E-state index in [4.69, 9.17) is 11.6 Å². The van der Waals surface area contributed by atoms with Gasteiger partial charge >= 0.3 is 5.51 Å². The van der Waals surface area contributed by atoms with Crippen LogP contribution >= 0.6 is 23.4 Å². The molecule has 370 valence electrons. The highest BCUT2D eigenvalue weighted by molar-refractivity contribution is 7.99. The van der Waals surface area contributed by atoms with E-state index in [1.807, 2.05) is 64.2 Å². The summed E-state index contributed by atoms with van der Waals surface area (Å²) >= 11 is 7.60. The number of hydrogen-bond acceptors (Lipinski definition) is 13. The first-order valence-corrected chi connectivity index (χ1v) is 26.9. The molecular weight excluding hydrogens is 973 g/mol. The number of benzene rings is 5. The highest BCUT2D eigenvalue weighted by Crippen LogP contribution is 2.40. The Morgan fingerprint density at radius 3 is 2.16 bits per heavy atom. The molecule has 2 heterocycles. The van der Waals surface area contributed by atoms with Crippen LogP contribution in [-0.2, 0) is 19.9 Å². The van der Waals surface area contributed by atoms with Crippen LogP contribution in [0.5, 0.6) is 0 Å². The summed E-state index contributed by atoms with van der Waals surface area (Å²) in [6, 6.07) is 30.9. The molecule has 2 saturated heterocycles. The highest BCUT2D eigenvalue weighted by atomic mass is 35.5.